The average Bonchev–Trinajstić information content (AvgIpc) is 2.52. The van der Waals surface area contributed by atoms with Crippen molar-refractivity contribution < 1.29 is 0 Å². The summed E-state index contributed by atoms with van der Waals surface area (Å²) < 4.78 is 0.968. The smallest absolute Gasteiger partial charge is 0.229 e. The summed E-state index contributed by atoms with van der Waals surface area (Å²) in [6.07, 6.45) is 1.72. The Morgan fingerprint density at radius 3 is 2.45 bits per heavy atom. The van der Waals surface area contributed by atoms with Gasteiger partial charge < -0.3 is 10.6 Å². The standard InChI is InChI=1S/C17H15BrN4/c1-12-6-8-13(9-7-12)20-16-10-11-19-17(22-16)21-15-5-3-2-4-14(15)18/h2-11H,1H3,(H2,19,20,21,22). The first-order chi connectivity index (χ1) is 10.7. The maximum Gasteiger partial charge on any atom is 0.229 e. The number of halogens is 1. The van der Waals surface area contributed by atoms with E-state index in [0.29, 0.717) is 5.95 Å². The molecule has 110 valence electrons. The topological polar surface area (TPSA) is 49.8 Å². The van der Waals surface area contributed by atoms with Gasteiger partial charge in [-0.1, -0.05) is 29.8 Å². The molecule has 1 heterocycles. The van der Waals surface area contributed by atoms with Crippen molar-refractivity contribution in [1.29, 1.82) is 0 Å². The zero-order valence-electron chi connectivity index (χ0n) is 12.0. The van der Waals surface area contributed by atoms with E-state index in [-0.39, 0.29) is 0 Å². The van der Waals surface area contributed by atoms with Gasteiger partial charge >= 0.3 is 0 Å². The lowest BCUT2D eigenvalue weighted by Gasteiger charge is -2.09. The molecule has 22 heavy (non-hydrogen) atoms. The van der Waals surface area contributed by atoms with E-state index in [1.807, 2.05) is 42.5 Å². The van der Waals surface area contributed by atoms with Crippen molar-refractivity contribution in [3.05, 3.63) is 70.8 Å². The molecule has 0 atom stereocenters. The average molecular weight is 355 g/mol. The first-order valence-corrected chi connectivity index (χ1v) is 7.68. The molecule has 2 N–H and O–H groups in total. The minimum atomic E-state index is 0.545. The highest BCUT2D eigenvalue weighted by Crippen LogP contribution is 2.24. The Morgan fingerprint density at radius 2 is 1.68 bits per heavy atom. The number of aromatic nitrogens is 2. The zero-order valence-corrected chi connectivity index (χ0v) is 13.6. The van der Waals surface area contributed by atoms with Gasteiger partial charge in [-0.25, -0.2) is 4.98 Å². The van der Waals surface area contributed by atoms with Crippen molar-refractivity contribution in [3.8, 4) is 0 Å². The second-order valence-corrected chi connectivity index (χ2v) is 5.72. The predicted molar refractivity (Wildman–Crippen MR) is 93.9 cm³/mol. The van der Waals surface area contributed by atoms with Gasteiger partial charge in [0.25, 0.3) is 0 Å². The Bertz CT molecular complexity index is 772. The van der Waals surface area contributed by atoms with Gasteiger partial charge in [0.2, 0.25) is 5.95 Å². The van der Waals surface area contributed by atoms with Crippen LogP contribution in [0.1, 0.15) is 5.56 Å². The fourth-order valence-electron chi connectivity index (χ4n) is 1.96. The van der Waals surface area contributed by atoms with Gasteiger partial charge in [-0.05, 0) is 53.2 Å². The van der Waals surface area contributed by atoms with Gasteiger partial charge in [0, 0.05) is 16.4 Å². The van der Waals surface area contributed by atoms with Gasteiger partial charge in [0.05, 0.1) is 5.69 Å². The van der Waals surface area contributed by atoms with Crippen LogP contribution in [0, 0.1) is 6.92 Å². The normalized spacial score (nSPS) is 10.3. The van der Waals surface area contributed by atoms with Crippen LogP contribution in [0.15, 0.2) is 65.3 Å². The Labute approximate surface area is 137 Å². The maximum absolute atomic E-state index is 4.47. The number of anilines is 4. The summed E-state index contributed by atoms with van der Waals surface area (Å²) in [7, 11) is 0. The van der Waals surface area contributed by atoms with Crippen molar-refractivity contribution in [2.75, 3.05) is 10.6 Å². The minimum Gasteiger partial charge on any atom is -0.340 e. The molecule has 0 aliphatic rings. The quantitative estimate of drug-likeness (QED) is 0.689. The lowest BCUT2D eigenvalue weighted by atomic mass is 10.2. The number of hydrogen-bond donors (Lipinski definition) is 2. The highest BCUT2D eigenvalue weighted by atomic mass is 79.9. The van der Waals surface area contributed by atoms with E-state index >= 15 is 0 Å². The third-order valence-corrected chi connectivity index (χ3v) is 3.79. The summed E-state index contributed by atoms with van der Waals surface area (Å²) in [6.45, 7) is 2.06. The molecule has 0 fully saturated rings. The highest BCUT2D eigenvalue weighted by molar-refractivity contribution is 9.10. The molecule has 0 spiro atoms. The van der Waals surface area contributed by atoms with Crippen LogP contribution in [0.5, 0.6) is 0 Å². The number of nitrogens with one attached hydrogen (secondary N) is 2. The summed E-state index contributed by atoms with van der Waals surface area (Å²) in [5.74, 6) is 1.29. The molecule has 5 heteroatoms. The largest absolute Gasteiger partial charge is 0.340 e. The zero-order chi connectivity index (χ0) is 15.4. The summed E-state index contributed by atoms with van der Waals surface area (Å²) in [4.78, 5) is 8.72. The lowest BCUT2D eigenvalue weighted by molar-refractivity contribution is 1.16. The van der Waals surface area contributed by atoms with Crippen LogP contribution < -0.4 is 10.6 Å². The minimum absolute atomic E-state index is 0.545. The summed E-state index contributed by atoms with van der Waals surface area (Å²) in [6, 6.07) is 17.9. The third-order valence-electron chi connectivity index (χ3n) is 3.10. The molecule has 0 radical (unpaired) electrons. The van der Waals surface area contributed by atoms with Crippen molar-refractivity contribution in [1.82, 2.24) is 9.97 Å². The molecule has 0 aliphatic heterocycles. The molecule has 0 amide bonds. The SMILES string of the molecule is Cc1ccc(Nc2ccnc(Nc3ccccc3Br)n2)cc1. The number of aryl methyl sites for hydroxylation is 1. The third kappa shape index (κ3) is 3.62. The molecule has 3 rings (SSSR count). The summed E-state index contributed by atoms with van der Waals surface area (Å²) in [5.41, 5.74) is 3.15. The molecule has 2 aromatic carbocycles. The second kappa shape index (κ2) is 6.58. The van der Waals surface area contributed by atoms with E-state index < -0.39 is 0 Å². The molecule has 0 saturated heterocycles. The predicted octanol–water partition coefficient (Wildman–Crippen LogP) is 5.03. The number of hydrogen-bond acceptors (Lipinski definition) is 4. The molecule has 0 aliphatic carbocycles. The van der Waals surface area contributed by atoms with E-state index in [4.69, 9.17) is 0 Å². The van der Waals surface area contributed by atoms with E-state index in [9.17, 15) is 0 Å². The molecule has 0 unspecified atom stereocenters. The van der Waals surface area contributed by atoms with Crippen LogP contribution in [-0.2, 0) is 0 Å². The second-order valence-electron chi connectivity index (χ2n) is 4.86. The van der Waals surface area contributed by atoms with Gasteiger partial charge in [0.1, 0.15) is 5.82 Å². The molecule has 4 nitrogen and oxygen atoms in total. The van der Waals surface area contributed by atoms with Gasteiger partial charge in [-0.2, -0.15) is 4.98 Å². The van der Waals surface area contributed by atoms with Gasteiger partial charge in [-0.3, -0.25) is 0 Å². The Morgan fingerprint density at radius 1 is 0.909 bits per heavy atom. The Hall–Kier alpha value is -2.40. The van der Waals surface area contributed by atoms with Gasteiger partial charge in [0.15, 0.2) is 0 Å². The van der Waals surface area contributed by atoms with Crippen LogP contribution in [-0.4, -0.2) is 9.97 Å². The van der Waals surface area contributed by atoms with Crippen LogP contribution >= 0.6 is 15.9 Å². The molecule has 3 aromatic rings. The van der Waals surface area contributed by atoms with Crippen LogP contribution in [0.2, 0.25) is 0 Å². The fraction of sp³-hybridized carbons (Fsp3) is 0.0588. The molecule has 0 saturated carbocycles. The summed E-state index contributed by atoms with van der Waals surface area (Å²) in [5, 5.41) is 6.47. The molecule has 1 aromatic heterocycles. The molecular weight excluding hydrogens is 340 g/mol. The monoisotopic (exact) mass is 354 g/mol. The van der Waals surface area contributed by atoms with E-state index in [1.165, 1.54) is 5.56 Å². The van der Waals surface area contributed by atoms with E-state index in [0.717, 1.165) is 21.7 Å². The number of nitrogens with zero attached hydrogens (tertiary/aromatic N) is 2. The lowest BCUT2D eigenvalue weighted by Crippen LogP contribution is -2.00. The molecule has 0 bridgehead atoms. The Balaban J connectivity index is 1.78. The first-order valence-electron chi connectivity index (χ1n) is 6.89. The first kappa shape index (κ1) is 14.5. The van der Waals surface area contributed by atoms with Crippen molar-refractivity contribution >= 4 is 39.1 Å². The number of benzene rings is 2. The highest BCUT2D eigenvalue weighted by Gasteiger charge is 2.03. The van der Waals surface area contributed by atoms with E-state index in [1.54, 1.807) is 6.20 Å². The van der Waals surface area contributed by atoms with Crippen molar-refractivity contribution in [2.24, 2.45) is 0 Å². The summed E-state index contributed by atoms with van der Waals surface area (Å²) >= 11 is 3.50. The number of rotatable bonds is 4. The van der Waals surface area contributed by atoms with Gasteiger partial charge in [-0.15, -0.1) is 0 Å². The van der Waals surface area contributed by atoms with Crippen LogP contribution in [0.25, 0.3) is 0 Å². The van der Waals surface area contributed by atoms with Crippen molar-refractivity contribution in [3.63, 3.8) is 0 Å². The van der Waals surface area contributed by atoms with E-state index in [2.05, 4.69) is 55.6 Å². The maximum atomic E-state index is 4.47. The van der Waals surface area contributed by atoms with Crippen molar-refractivity contribution in [2.45, 2.75) is 6.92 Å². The van der Waals surface area contributed by atoms with Crippen LogP contribution in [0.3, 0.4) is 0 Å². The molecular formula is C17H15BrN4. The number of para-hydroxylation sites is 1. The fourth-order valence-corrected chi connectivity index (χ4v) is 2.34. The Kier molecular flexibility index (Phi) is 4.34. The van der Waals surface area contributed by atoms with Crippen LogP contribution in [0.4, 0.5) is 23.1 Å².